The van der Waals surface area contributed by atoms with Gasteiger partial charge in [0.15, 0.2) is 0 Å². The van der Waals surface area contributed by atoms with E-state index in [4.69, 9.17) is 4.74 Å². The topological polar surface area (TPSA) is 124 Å². The molecule has 0 radical (unpaired) electrons. The molecule has 11 heteroatoms. The Hall–Kier alpha value is -4.09. The lowest BCUT2D eigenvalue weighted by Crippen LogP contribution is -2.52. The molecule has 0 bridgehead atoms. The molecule has 2 aliphatic heterocycles. The molecular formula is C29H36FN5O5. The number of carbonyl (C=O) groups is 4. The number of aromatic amines is 1. The second-order valence-electron chi connectivity index (χ2n) is 9.13. The van der Waals surface area contributed by atoms with Gasteiger partial charge in [-0.25, -0.2) is 4.39 Å². The van der Waals surface area contributed by atoms with E-state index in [9.17, 15) is 23.6 Å². The molecule has 2 fully saturated rings. The maximum atomic E-state index is 14.3. The number of aryl methyl sites for hydroxylation is 1. The minimum Gasteiger partial charge on any atom is -0.379 e. The highest BCUT2D eigenvalue weighted by molar-refractivity contribution is 6.45. The number of rotatable bonds is 5. The Labute approximate surface area is 232 Å². The van der Waals surface area contributed by atoms with Crippen LogP contribution in [0.4, 0.5) is 4.39 Å². The third-order valence-corrected chi connectivity index (χ3v) is 6.44. The summed E-state index contributed by atoms with van der Waals surface area (Å²) in [5.74, 6) is -2.07. The first-order valence-electron chi connectivity index (χ1n) is 13.3. The van der Waals surface area contributed by atoms with Crippen molar-refractivity contribution >= 4 is 34.9 Å². The normalized spacial score (nSPS) is 14.8. The van der Waals surface area contributed by atoms with E-state index >= 15 is 0 Å². The molecule has 0 saturated carbocycles. The van der Waals surface area contributed by atoms with Gasteiger partial charge in [-0.15, -0.1) is 0 Å². The zero-order valence-electron chi connectivity index (χ0n) is 22.9. The fraction of sp³-hybridized carbons (Fsp3) is 0.379. The van der Waals surface area contributed by atoms with Gasteiger partial charge in [-0.2, -0.15) is 0 Å². The van der Waals surface area contributed by atoms with Crippen LogP contribution in [0.5, 0.6) is 0 Å². The predicted molar refractivity (Wildman–Crippen MR) is 150 cm³/mol. The number of amides is 3. The van der Waals surface area contributed by atoms with Crippen LogP contribution in [0.15, 0.2) is 48.7 Å². The molecule has 5 rings (SSSR count). The largest absolute Gasteiger partial charge is 0.379 e. The van der Waals surface area contributed by atoms with E-state index in [1.165, 1.54) is 17.2 Å². The summed E-state index contributed by atoms with van der Waals surface area (Å²) < 4.78 is 19.3. The lowest BCUT2D eigenvalue weighted by Gasteiger charge is -2.34. The van der Waals surface area contributed by atoms with Gasteiger partial charge in [0, 0.05) is 63.0 Å². The van der Waals surface area contributed by atoms with Crippen LogP contribution in [0.1, 0.15) is 33.2 Å². The molecule has 2 aromatic carbocycles. The van der Waals surface area contributed by atoms with E-state index < -0.39 is 17.5 Å². The third kappa shape index (κ3) is 7.96. The molecule has 0 spiro atoms. The van der Waals surface area contributed by atoms with Crippen molar-refractivity contribution in [3.63, 3.8) is 0 Å². The predicted octanol–water partition coefficient (Wildman–Crippen LogP) is 2.14. The van der Waals surface area contributed by atoms with Crippen molar-refractivity contribution in [1.82, 2.24) is 25.4 Å². The van der Waals surface area contributed by atoms with Crippen LogP contribution in [0.25, 0.3) is 10.9 Å². The van der Waals surface area contributed by atoms with Crippen LogP contribution in [-0.4, -0.2) is 97.8 Å². The molecule has 0 aliphatic carbocycles. The number of ether oxygens (including phenoxy) is 1. The van der Waals surface area contributed by atoms with Gasteiger partial charge in [0.25, 0.3) is 17.6 Å². The highest BCUT2D eigenvalue weighted by Gasteiger charge is 2.30. The monoisotopic (exact) mass is 553 g/mol. The van der Waals surface area contributed by atoms with Gasteiger partial charge >= 0.3 is 0 Å². The number of Topliss-reactive ketones (excluding diaryl/α,β-unsaturated/α-hetero) is 1. The van der Waals surface area contributed by atoms with Crippen molar-refractivity contribution in [2.75, 3.05) is 59.0 Å². The van der Waals surface area contributed by atoms with Crippen LogP contribution in [0.3, 0.4) is 0 Å². The van der Waals surface area contributed by atoms with Crippen molar-refractivity contribution in [3.05, 3.63) is 71.2 Å². The van der Waals surface area contributed by atoms with Crippen LogP contribution < -0.4 is 10.6 Å². The number of nitrogens with zero attached hydrogens (tertiary/aromatic N) is 2. The summed E-state index contributed by atoms with van der Waals surface area (Å²) in [5, 5.41) is 5.73. The average molecular weight is 554 g/mol. The van der Waals surface area contributed by atoms with Gasteiger partial charge in [-0.1, -0.05) is 24.3 Å². The summed E-state index contributed by atoms with van der Waals surface area (Å²) in [6.45, 7) is 9.43. The van der Waals surface area contributed by atoms with Gasteiger partial charge in [-0.05, 0) is 37.6 Å². The fourth-order valence-electron chi connectivity index (χ4n) is 4.26. The van der Waals surface area contributed by atoms with Gasteiger partial charge in [-0.3, -0.25) is 19.2 Å². The molecule has 2 saturated heterocycles. The minimum absolute atomic E-state index is 0.0361. The fourth-order valence-corrected chi connectivity index (χ4v) is 4.26. The van der Waals surface area contributed by atoms with Crippen molar-refractivity contribution < 1.29 is 28.3 Å². The Balaban J connectivity index is 0.000000336. The number of H-pyrrole nitrogens is 1. The molecule has 10 nitrogen and oxygen atoms in total. The standard InChI is InChI=1S/C22H20FN3O3.C4H9NO.C3H7NO/c1-14-7-8-17(23)18-16(13-24-19(14)18)20(27)22(29)26-11-9-25(10-12-26)21(28)15-5-3-2-4-6-15;1-3-6-4-2-5-1;1-2-4-3-5/h2-8,13,24H,9-12H2,1H3;5H,1-4H2;3H,2H2,1H3,(H,4,5). The Morgan fingerprint density at radius 2 is 1.65 bits per heavy atom. The van der Waals surface area contributed by atoms with Crippen molar-refractivity contribution in [2.45, 2.75) is 13.8 Å². The van der Waals surface area contributed by atoms with Gasteiger partial charge < -0.3 is 30.2 Å². The van der Waals surface area contributed by atoms with Gasteiger partial charge in [0.1, 0.15) is 5.82 Å². The number of aromatic nitrogens is 1. The first kappa shape index (κ1) is 30.5. The minimum atomic E-state index is -0.747. The van der Waals surface area contributed by atoms with E-state index in [1.807, 2.05) is 13.0 Å². The third-order valence-electron chi connectivity index (χ3n) is 6.44. The first-order valence-corrected chi connectivity index (χ1v) is 13.3. The molecule has 3 N–H and O–H groups in total. The summed E-state index contributed by atoms with van der Waals surface area (Å²) in [5.41, 5.74) is 1.93. The number of piperazine rings is 1. The van der Waals surface area contributed by atoms with Crippen LogP contribution in [-0.2, 0) is 14.3 Å². The molecule has 0 unspecified atom stereocenters. The SMILES string of the molecule is C1COCCN1.CCNC=O.Cc1ccc(F)c2c(C(=O)C(=O)N3CCN(C(=O)c4ccccc4)CC3)c[nH]c12. The lowest BCUT2D eigenvalue weighted by molar-refractivity contribution is -0.127. The summed E-state index contributed by atoms with van der Waals surface area (Å²) >= 11 is 0. The zero-order valence-corrected chi connectivity index (χ0v) is 22.9. The number of benzene rings is 2. The second-order valence-corrected chi connectivity index (χ2v) is 9.13. The Morgan fingerprint density at radius 3 is 2.17 bits per heavy atom. The maximum Gasteiger partial charge on any atom is 0.295 e. The number of hydrogen-bond acceptors (Lipinski definition) is 6. The number of halogens is 1. The Bertz CT molecular complexity index is 1270. The number of morpholine rings is 1. The quantitative estimate of drug-likeness (QED) is 0.253. The summed E-state index contributed by atoms with van der Waals surface area (Å²) in [6, 6.07) is 11.8. The molecule has 3 aromatic rings. The molecular weight excluding hydrogens is 517 g/mol. The number of hydrogen-bond donors (Lipinski definition) is 3. The van der Waals surface area contributed by atoms with E-state index in [1.54, 1.807) is 42.2 Å². The van der Waals surface area contributed by atoms with E-state index in [2.05, 4.69) is 15.6 Å². The van der Waals surface area contributed by atoms with E-state index in [0.717, 1.165) is 38.4 Å². The lowest BCUT2D eigenvalue weighted by atomic mass is 10.1. The number of carbonyl (C=O) groups excluding carboxylic acids is 4. The number of nitrogens with one attached hydrogen (secondary N) is 3. The number of fused-ring (bicyclic) bond motifs is 1. The molecule has 1 aromatic heterocycles. The van der Waals surface area contributed by atoms with Gasteiger partial charge in [0.05, 0.1) is 24.3 Å². The smallest absolute Gasteiger partial charge is 0.295 e. The molecule has 3 heterocycles. The molecule has 2 aliphatic rings. The summed E-state index contributed by atoms with van der Waals surface area (Å²) in [7, 11) is 0. The van der Waals surface area contributed by atoms with E-state index in [0.29, 0.717) is 30.6 Å². The number of ketones is 1. The van der Waals surface area contributed by atoms with Crippen LogP contribution in [0.2, 0.25) is 0 Å². The molecule has 3 amide bonds. The van der Waals surface area contributed by atoms with Gasteiger partial charge in [0.2, 0.25) is 6.41 Å². The second kappa shape index (κ2) is 15.5. The van der Waals surface area contributed by atoms with E-state index in [-0.39, 0.29) is 29.9 Å². The van der Waals surface area contributed by atoms with Crippen molar-refractivity contribution in [1.29, 1.82) is 0 Å². The highest BCUT2D eigenvalue weighted by Crippen LogP contribution is 2.25. The highest BCUT2D eigenvalue weighted by atomic mass is 19.1. The molecule has 40 heavy (non-hydrogen) atoms. The summed E-state index contributed by atoms with van der Waals surface area (Å²) in [6.07, 6.45) is 2.07. The summed E-state index contributed by atoms with van der Waals surface area (Å²) in [4.78, 5) is 53.3. The Morgan fingerprint density at radius 1 is 1.00 bits per heavy atom. The molecule has 0 atom stereocenters. The van der Waals surface area contributed by atoms with Crippen LogP contribution in [0, 0.1) is 12.7 Å². The molecule has 214 valence electrons. The average Bonchev–Trinajstić information content (AvgIpc) is 3.47. The Kier molecular flexibility index (Phi) is 11.8. The zero-order chi connectivity index (χ0) is 28.9. The first-order chi connectivity index (χ1) is 19.4. The van der Waals surface area contributed by atoms with Crippen molar-refractivity contribution in [3.8, 4) is 0 Å². The van der Waals surface area contributed by atoms with Crippen LogP contribution >= 0.6 is 0 Å². The van der Waals surface area contributed by atoms with Crippen molar-refractivity contribution in [2.24, 2.45) is 0 Å². The maximum absolute atomic E-state index is 14.3.